The molecule has 3 atom stereocenters. The van der Waals surface area contributed by atoms with E-state index < -0.39 is 0 Å². The topological polar surface area (TPSA) is 52.7 Å². The van der Waals surface area contributed by atoms with Crippen molar-refractivity contribution in [1.29, 1.82) is 0 Å². The summed E-state index contributed by atoms with van der Waals surface area (Å²) in [5, 5.41) is 2.96. The molecule has 0 aromatic heterocycles. The molecule has 1 saturated heterocycles. The van der Waals surface area contributed by atoms with Crippen LogP contribution in [0.3, 0.4) is 0 Å². The van der Waals surface area contributed by atoms with E-state index in [0.717, 1.165) is 38.9 Å². The maximum atomic E-state index is 12.4. The minimum absolute atomic E-state index is 0.0517. The van der Waals surface area contributed by atoms with Crippen LogP contribution >= 0.6 is 0 Å². The number of piperidine rings is 1. The minimum Gasteiger partial charge on any atom is -0.356 e. The lowest BCUT2D eigenvalue weighted by molar-refractivity contribution is -0.136. The van der Waals surface area contributed by atoms with Gasteiger partial charge in [-0.05, 0) is 52.2 Å². The molecule has 0 bridgehead atoms. The molecule has 2 rings (SSSR count). The molecular formula is C16H29N3O2. The summed E-state index contributed by atoms with van der Waals surface area (Å²) in [6, 6.07) is 0. The summed E-state index contributed by atoms with van der Waals surface area (Å²) in [5.74, 6) is 0.741. The van der Waals surface area contributed by atoms with Crippen LogP contribution in [0.2, 0.25) is 0 Å². The van der Waals surface area contributed by atoms with E-state index in [1.165, 1.54) is 6.42 Å². The van der Waals surface area contributed by atoms with Crippen LogP contribution in [0, 0.1) is 17.8 Å². The van der Waals surface area contributed by atoms with Gasteiger partial charge in [-0.1, -0.05) is 6.92 Å². The zero-order valence-electron chi connectivity index (χ0n) is 13.6. The summed E-state index contributed by atoms with van der Waals surface area (Å²) in [7, 11) is 4.05. The lowest BCUT2D eigenvalue weighted by Crippen LogP contribution is -2.41. The molecule has 2 fully saturated rings. The van der Waals surface area contributed by atoms with Crippen LogP contribution in [-0.2, 0) is 9.59 Å². The van der Waals surface area contributed by atoms with E-state index >= 15 is 0 Å². The van der Waals surface area contributed by atoms with Gasteiger partial charge in [0.05, 0.1) is 11.8 Å². The molecule has 2 amide bonds. The summed E-state index contributed by atoms with van der Waals surface area (Å²) in [6.45, 7) is 5.61. The third kappa shape index (κ3) is 4.70. The number of carbonyl (C=O) groups is 2. The monoisotopic (exact) mass is 295 g/mol. The molecule has 5 heteroatoms. The highest BCUT2D eigenvalue weighted by Gasteiger charge is 2.49. The largest absolute Gasteiger partial charge is 0.356 e. The summed E-state index contributed by atoms with van der Waals surface area (Å²) in [5.41, 5.74) is 0. The van der Waals surface area contributed by atoms with Crippen molar-refractivity contribution in [3.05, 3.63) is 0 Å². The maximum Gasteiger partial charge on any atom is 0.226 e. The standard InChI is InChI=1S/C16H29N3O2/c1-12-6-4-9-19(11-12)16(21)14-10-13(14)15(20)17-7-5-8-18(2)3/h12-14H,4-11H2,1-3H3,(H,17,20). The van der Waals surface area contributed by atoms with E-state index in [0.29, 0.717) is 12.5 Å². The Kier molecular flexibility index (Phi) is 5.62. The van der Waals surface area contributed by atoms with Crippen LogP contribution in [0.25, 0.3) is 0 Å². The van der Waals surface area contributed by atoms with Crippen LogP contribution in [-0.4, -0.2) is 61.9 Å². The predicted octanol–water partition coefficient (Wildman–Crippen LogP) is 0.949. The molecule has 0 spiro atoms. The molecule has 120 valence electrons. The molecule has 1 aliphatic carbocycles. The molecule has 1 N–H and O–H groups in total. The van der Waals surface area contributed by atoms with E-state index in [4.69, 9.17) is 0 Å². The summed E-state index contributed by atoms with van der Waals surface area (Å²) in [4.78, 5) is 28.5. The van der Waals surface area contributed by atoms with Crippen LogP contribution in [0.5, 0.6) is 0 Å². The molecule has 0 radical (unpaired) electrons. The molecule has 5 nitrogen and oxygen atoms in total. The number of nitrogens with zero attached hydrogens (tertiary/aromatic N) is 2. The Bertz CT molecular complexity index is 384. The minimum atomic E-state index is -0.0749. The zero-order valence-corrected chi connectivity index (χ0v) is 13.6. The van der Waals surface area contributed by atoms with Gasteiger partial charge < -0.3 is 15.1 Å². The third-order valence-corrected chi connectivity index (χ3v) is 4.49. The van der Waals surface area contributed by atoms with Crippen molar-refractivity contribution in [2.24, 2.45) is 17.8 Å². The van der Waals surface area contributed by atoms with Crippen molar-refractivity contribution >= 4 is 11.8 Å². The fourth-order valence-electron chi connectivity index (χ4n) is 3.12. The van der Waals surface area contributed by atoms with Gasteiger partial charge in [-0.3, -0.25) is 9.59 Å². The van der Waals surface area contributed by atoms with Gasteiger partial charge in [-0.25, -0.2) is 0 Å². The molecule has 1 aliphatic heterocycles. The normalized spacial score (nSPS) is 28.6. The van der Waals surface area contributed by atoms with Crippen molar-refractivity contribution in [1.82, 2.24) is 15.1 Å². The van der Waals surface area contributed by atoms with Crippen molar-refractivity contribution < 1.29 is 9.59 Å². The van der Waals surface area contributed by atoms with Gasteiger partial charge in [0.15, 0.2) is 0 Å². The molecule has 3 unspecified atom stereocenters. The van der Waals surface area contributed by atoms with Gasteiger partial charge in [0.25, 0.3) is 0 Å². The van der Waals surface area contributed by atoms with Gasteiger partial charge in [-0.2, -0.15) is 0 Å². The Labute approximate surface area is 128 Å². The van der Waals surface area contributed by atoms with Crippen molar-refractivity contribution in [2.75, 3.05) is 40.3 Å². The summed E-state index contributed by atoms with van der Waals surface area (Å²) >= 11 is 0. The van der Waals surface area contributed by atoms with E-state index in [9.17, 15) is 9.59 Å². The van der Waals surface area contributed by atoms with Crippen LogP contribution in [0.15, 0.2) is 0 Å². The highest BCUT2D eigenvalue weighted by Crippen LogP contribution is 2.40. The fourth-order valence-corrected chi connectivity index (χ4v) is 3.12. The molecule has 2 aliphatic rings. The van der Waals surface area contributed by atoms with Crippen LogP contribution < -0.4 is 5.32 Å². The second-order valence-electron chi connectivity index (χ2n) is 6.93. The smallest absolute Gasteiger partial charge is 0.226 e. The Morgan fingerprint density at radius 1 is 1.29 bits per heavy atom. The first-order valence-corrected chi connectivity index (χ1v) is 8.20. The van der Waals surface area contributed by atoms with E-state index in [1.54, 1.807) is 0 Å². The first kappa shape index (κ1) is 16.3. The SMILES string of the molecule is CC1CCCN(C(=O)C2CC2C(=O)NCCCN(C)C)C1. The van der Waals surface area contributed by atoms with Crippen molar-refractivity contribution in [3.63, 3.8) is 0 Å². The van der Waals surface area contributed by atoms with Gasteiger partial charge in [-0.15, -0.1) is 0 Å². The zero-order chi connectivity index (χ0) is 15.4. The second kappa shape index (κ2) is 7.25. The first-order chi connectivity index (χ1) is 9.99. The number of hydrogen-bond donors (Lipinski definition) is 1. The van der Waals surface area contributed by atoms with Crippen LogP contribution in [0.4, 0.5) is 0 Å². The predicted molar refractivity (Wildman–Crippen MR) is 82.8 cm³/mol. The number of likely N-dealkylation sites (tertiary alicyclic amines) is 1. The summed E-state index contributed by atoms with van der Waals surface area (Å²) < 4.78 is 0. The molecular weight excluding hydrogens is 266 g/mol. The first-order valence-electron chi connectivity index (χ1n) is 8.20. The number of nitrogens with one attached hydrogen (secondary N) is 1. The average Bonchev–Trinajstić information content (AvgIpc) is 3.23. The lowest BCUT2D eigenvalue weighted by atomic mass is 10.00. The van der Waals surface area contributed by atoms with Crippen LogP contribution in [0.1, 0.15) is 32.6 Å². The third-order valence-electron chi connectivity index (χ3n) is 4.49. The van der Waals surface area contributed by atoms with Crippen molar-refractivity contribution in [3.8, 4) is 0 Å². The average molecular weight is 295 g/mol. The molecule has 1 heterocycles. The highest BCUT2D eigenvalue weighted by molar-refractivity contribution is 5.92. The van der Waals surface area contributed by atoms with Gasteiger partial charge in [0.2, 0.25) is 11.8 Å². The second-order valence-corrected chi connectivity index (χ2v) is 6.93. The lowest BCUT2D eigenvalue weighted by Gasteiger charge is -2.31. The number of amides is 2. The quantitative estimate of drug-likeness (QED) is 0.742. The van der Waals surface area contributed by atoms with E-state index in [-0.39, 0.29) is 23.7 Å². The Hall–Kier alpha value is -1.10. The van der Waals surface area contributed by atoms with Gasteiger partial charge >= 0.3 is 0 Å². The summed E-state index contributed by atoms with van der Waals surface area (Å²) in [6.07, 6.45) is 4.00. The Balaban J connectivity index is 1.68. The molecule has 21 heavy (non-hydrogen) atoms. The van der Waals surface area contributed by atoms with Gasteiger partial charge in [0, 0.05) is 19.6 Å². The number of carbonyl (C=O) groups excluding carboxylic acids is 2. The van der Waals surface area contributed by atoms with E-state index in [1.807, 2.05) is 19.0 Å². The number of hydrogen-bond acceptors (Lipinski definition) is 3. The maximum absolute atomic E-state index is 12.4. The van der Waals surface area contributed by atoms with Gasteiger partial charge in [0.1, 0.15) is 0 Å². The van der Waals surface area contributed by atoms with Crippen molar-refractivity contribution in [2.45, 2.75) is 32.6 Å². The molecule has 0 aromatic carbocycles. The Morgan fingerprint density at radius 2 is 2.05 bits per heavy atom. The van der Waals surface area contributed by atoms with E-state index in [2.05, 4.69) is 17.1 Å². The Morgan fingerprint density at radius 3 is 2.71 bits per heavy atom. The molecule has 1 saturated carbocycles. The fraction of sp³-hybridized carbons (Fsp3) is 0.875. The highest BCUT2D eigenvalue weighted by atomic mass is 16.2. The molecule has 0 aromatic rings. The number of rotatable bonds is 6.